The van der Waals surface area contributed by atoms with E-state index in [0.717, 1.165) is 27.9 Å². The molecule has 0 bridgehead atoms. The quantitative estimate of drug-likeness (QED) is 0.0577. The monoisotopic (exact) mass is 1390 g/mol. The highest BCUT2D eigenvalue weighted by Crippen LogP contribution is 2.32. The van der Waals surface area contributed by atoms with Gasteiger partial charge in [0.1, 0.15) is 72.5 Å². The Morgan fingerprint density at radius 1 is 0.485 bits per heavy atom. The number of sulfonamides is 3. The van der Waals surface area contributed by atoms with Crippen molar-refractivity contribution in [2.75, 3.05) is 19.8 Å². The number of aryl methyl sites for hydroxylation is 1. The summed E-state index contributed by atoms with van der Waals surface area (Å²) in [5, 5.41) is 8.92. The van der Waals surface area contributed by atoms with Crippen molar-refractivity contribution in [1.29, 1.82) is 0 Å². The van der Waals surface area contributed by atoms with Crippen LogP contribution in [0.15, 0.2) is 190 Å². The number of amidine groups is 2. The highest BCUT2D eigenvalue weighted by molar-refractivity contribution is 7.90. The molecule has 7 heterocycles. The van der Waals surface area contributed by atoms with Crippen molar-refractivity contribution in [3.63, 3.8) is 0 Å². The second-order valence-electron chi connectivity index (χ2n) is 25.4. The van der Waals surface area contributed by atoms with E-state index in [1.165, 1.54) is 6.21 Å². The van der Waals surface area contributed by atoms with Gasteiger partial charge in [-0.1, -0.05) is 78.9 Å². The van der Waals surface area contributed by atoms with Gasteiger partial charge in [0.05, 0.1) is 73.3 Å². The van der Waals surface area contributed by atoms with E-state index < -0.39 is 46.7 Å². The number of pyridine rings is 2. The Hall–Kier alpha value is -11.2. The number of nitrogens with two attached hydrogens (primary N) is 2. The fourth-order valence-electron chi connectivity index (χ4n) is 11.0. The van der Waals surface area contributed by atoms with Crippen molar-refractivity contribution in [2.45, 2.75) is 82.3 Å². The first-order valence-corrected chi connectivity index (χ1v) is 35.7. The molecular weight excluding hydrogens is 1330 g/mol. The van der Waals surface area contributed by atoms with Crippen LogP contribution in [0.5, 0.6) is 17.2 Å². The van der Waals surface area contributed by atoms with Gasteiger partial charge in [0.2, 0.25) is 0 Å². The van der Waals surface area contributed by atoms with Crippen molar-refractivity contribution >= 4 is 87.7 Å². The Bertz CT molecular complexity index is 5260. The van der Waals surface area contributed by atoms with E-state index in [1.54, 1.807) is 110 Å². The van der Waals surface area contributed by atoms with Gasteiger partial charge in [-0.3, -0.25) is 23.5 Å². The lowest BCUT2D eigenvalue weighted by Crippen LogP contribution is -2.48. The number of carbonyl (C=O) groups is 3. The summed E-state index contributed by atoms with van der Waals surface area (Å²) in [5.41, 5.74) is 17.9. The molecule has 29 heteroatoms. The third-order valence-electron chi connectivity index (χ3n) is 15.6. The molecule has 0 spiro atoms. The van der Waals surface area contributed by atoms with Crippen molar-refractivity contribution in [3.8, 4) is 28.9 Å². The number of amides is 3. The molecule has 99 heavy (non-hydrogen) atoms. The normalized spacial score (nSPS) is 14.8. The molecule has 0 unspecified atom stereocenters. The number of imidazole rings is 2. The number of carbonyl (C=O) groups excluding carboxylic acids is 3. The van der Waals surface area contributed by atoms with E-state index in [2.05, 4.69) is 49.1 Å². The summed E-state index contributed by atoms with van der Waals surface area (Å²) in [6.45, 7) is 13.4. The minimum Gasteiger partial charge on any atom is -0.490 e. The van der Waals surface area contributed by atoms with Crippen LogP contribution in [0, 0.1) is 6.92 Å². The van der Waals surface area contributed by atoms with Crippen LogP contribution in [-0.2, 0) is 47.3 Å². The number of hydrogen-bond acceptors (Lipinski definition) is 18. The van der Waals surface area contributed by atoms with Gasteiger partial charge in [0.15, 0.2) is 0 Å². The third-order valence-corrected chi connectivity index (χ3v) is 19.0. The van der Waals surface area contributed by atoms with E-state index in [1.807, 2.05) is 124 Å². The highest BCUT2D eigenvalue weighted by atomic mass is 32.2. The van der Waals surface area contributed by atoms with Crippen LogP contribution in [0.25, 0.3) is 33.7 Å². The van der Waals surface area contributed by atoms with Crippen molar-refractivity contribution in [2.24, 2.45) is 24.7 Å². The summed E-state index contributed by atoms with van der Waals surface area (Å²) in [7, 11) is -10.7. The molecule has 0 atom stereocenters. The molecule has 10 aromatic rings. The lowest BCUT2D eigenvalue weighted by Gasteiger charge is -2.27. The zero-order chi connectivity index (χ0) is 70.7. The van der Waals surface area contributed by atoms with Gasteiger partial charge in [0.25, 0.3) is 47.8 Å². The predicted octanol–water partition coefficient (Wildman–Crippen LogP) is 7.96. The number of fused-ring (bicyclic) bond motifs is 5. The summed E-state index contributed by atoms with van der Waals surface area (Å²) < 4.78 is 103. The zero-order valence-corrected chi connectivity index (χ0v) is 57.3. The first-order valence-electron chi connectivity index (χ1n) is 30.9. The summed E-state index contributed by atoms with van der Waals surface area (Å²) in [6, 6.07) is 46.5. The summed E-state index contributed by atoms with van der Waals surface area (Å²) in [6.07, 6.45) is 6.16. The molecule has 510 valence electrons. The summed E-state index contributed by atoms with van der Waals surface area (Å²) in [5.74, 6) is 1.70. The summed E-state index contributed by atoms with van der Waals surface area (Å²) >= 11 is 0. The zero-order valence-electron chi connectivity index (χ0n) is 54.9. The molecule has 0 saturated heterocycles. The Labute approximate surface area is 571 Å². The molecule has 26 nitrogen and oxygen atoms in total. The van der Waals surface area contributed by atoms with Gasteiger partial charge < -0.3 is 41.6 Å². The van der Waals surface area contributed by atoms with Crippen molar-refractivity contribution in [3.05, 3.63) is 232 Å². The van der Waals surface area contributed by atoms with Crippen LogP contribution in [0.4, 0.5) is 0 Å². The standard InChI is InChI=1S/C26H26N6O4S.C25H24N6O4S.C19H20N2O4S/c1-16-29-19-8-4-5-9-20(19)32(16)22-13-17(11-12-28-22)25(33)30-26(2,3)15-36-21-10-6-7-18-14-37(34,35)31-24(27)23(18)21;1-25(2,14-35-20-9-5-6-17-13-36(33,34)30-23(26)22(17)20)29-24(32)16-10-11-27-21(12-16)31-15-28-18-7-3-4-8-19(18)31;1-19(2,21-18(22)14-7-4-3-5-8-14)13-25-17-10-6-9-15-12-26(23,24)20-11-16(15)17/h4-13H,14-15H2,1-3H3,(H2,27,31)(H,30,33);3-12,15H,13-14H2,1-2H3,(H2,26,30)(H,29,32);3-11H,12-13H2,1-2H3,(H,21,22). The molecule has 3 aliphatic heterocycles. The molecule has 7 N–H and O–H groups in total. The van der Waals surface area contributed by atoms with Crippen LogP contribution >= 0.6 is 0 Å². The lowest BCUT2D eigenvalue weighted by atomic mass is 10.0. The molecule has 0 aliphatic carbocycles. The highest BCUT2D eigenvalue weighted by Gasteiger charge is 2.31. The first kappa shape index (κ1) is 69.2. The number of aromatic nitrogens is 6. The Kier molecular flexibility index (Phi) is 19.4. The van der Waals surface area contributed by atoms with Gasteiger partial charge in [-0.2, -0.15) is 4.40 Å². The second kappa shape index (κ2) is 27.7. The Morgan fingerprint density at radius 3 is 1.48 bits per heavy atom. The number of hydrogen-bond donors (Lipinski definition) is 5. The predicted molar refractivity (Wildman–Crippen MR) is 376 cm³/mol. The molecule has 6 aromatic carbocycles. The van der Waals surface area contributed by atoms with Gasteiger partial charge >= 0.3 is 0 Å². The summed E-state index contributed by atoms with van der Waals surface area (Å²) in [4.78, 5) is 56.4. The Balaban J connectivity index is 0.000000153. The van der Waals surface area contributed by atoms with E-state index in [4.69, 9.17) is 25.7 Å². The minimum atomic E-state index is -3.65. The fourth-order valence-corrected chi connectivity index (χ4v) is 14.1. The van der Waals surface area contributed by atoms with Gasteiger partial charge in [-0.25, -0.2) is 45.2 Å². The molecule has 13 rings (SSSR count). The van der Waals surface area contributed by atoms with Crippen LogP contribution in [0.2, 0.25) is 0 Å². The average molecular weight is 1400 g/mol. The van der Waals surface area contributed by atoms with Gasteiger partial charge in [-0.15, -0.1) is 8.80 Å². The van der Waals surface area contributed by atoms with E-state index in [0.29, 0.717) is 79.0 Å². The van der Waals surface area contributed by atoms with E-state index >= 15 is 0 Å². The number of rotatable bonds is 17. The molecule has 3 amide bonds. The third kappa shape index (κ3) is 16.6. The SMILES string of the molecule is CC(C)(COc1cccc2c1C(N)=NS(=O)(=O)C2)NC(=O)c1ccnc(-n2cnc3ccccc32)c1.CC(C)(COc1cccc2c1C=NS(=O)(=O)C2)NC(=O)c1ccccc1.Cc1nc2ccccc2n1-c1cc(C(=O)NC(C)(C)COc2cccc3c2C(N)=NS(=O)(=O)C3)ccn1. The second-order valence-corrected chi connectivity index (χ2v) is 30.3. The smallest absolute Gasteiger partial charge is 0.259 e. The van der Waals surface area contributed by atoms with Crippen LogP contribution < -0.4 is 41.6 Å². The van der Waals surface area contributed by atoms with Gasteiger partial charge in [0, 0.05) is 34.6 Å². The number of benzene rings is 6. The number of para-hydroxylation sites is 4. The largest absolute Gasteiger partial charge is 0.490 e. The maximum atomic E-state index is 13.2. The van der Waals surface area contributed by atoms with E-state index in [-0.39, 0.29) is 66.5 Å². The first-order chi connectivity index (χ1) is 46.9. The molecule has 0 radical (unpaired) electrons. The van der Waals surface area contributed by atoms with Gasteiger partial charge in [-0.05, 0) is 144 Å². The molecule has 4 aromatic heterocycles. The molecular formula is C70H70N14O12S3. The van der Waals surface area contributed by atoms with E-state index in [9.17, 15) is 39.6 Å². The topological polar surface area (TPSA) is 368 Å². The number of nitrogens with one attached hydrogen (secondary N) is 3. The maximum absolute atomic E-state index is 13.2. The molecule has 0 saturated carbocycles. The van der Waals surface area contributed by atoms with Crippen molar-refractivity contribution < 1.29 is 53.8 Å². The van der Waals surface area contributed by atoms with Crippen molar-refractivity contribution in [1.82, 2.24) is 45.0 Å². The lowest BCUT2D eigenvalue weighted by molar-refractivity contribution is 0.0872. The Morgan fingerprint density at radius 2 is 0.929 bits per heavy atom. The van der Waals surface area contributed by atoms with Crippen LogP contribution in [0.1, 0.15) is 112 Å². The minimum absolute atomic E-state index is 0.106. The molecule has 3 aliphatic rings. The average Bonchev–Trinajstić information content (AvgIpc) is 1.44. The molecule has 0 fully saturated rings. The number of ether oxygens (including phenoxy) is 3. The van der Waals surface area contributed by atoms with Crippen LogP contribution in [-0.4, -0.2) is 126 Å². The maximum Gasteiger partial charge on any atom is 0.259 e. The van der Waals surface area contributed by atoms with Crippen LogP contribution in [0.3, 0.4) is 0 Å². The number of nitrogens with zero attached hydrogens (tertiary/aromatic N) is 9. The fraction of sp³-hybridized carbons (Fsp3) is 0.229.